The lowest BCUT2D eigenvalue weighted by molar-refractivity contribution is 0.248. The Kier molecular flexibility index (Phi) is 6.67. The maximum Gasteiger partial charge on any atom is 0.225 e. The van der Waals surface area contributed by atoms with Crippen molar-refractivity contribution in [2.24, 2.45) is 5.92 Å². The van der Waals surface area contributed by atoms with Gasteiger partial charge >= 0.3 is 0 Å². The number of nitrogens with zero attached hydrogens (tertiary/aromatic N) is 3. The molecule has 28 heavy (non-hydrogen) atoms. The molecule has 2 heterocycles. The van der Waals surface area contributed by atoms with Gasteiger partial charge in [0, 0.05) is 39.8 Å². The number of aliphatic hydroxyl groups excluding tert-OH is 1. The van der Waals surface area contributed by atoms with Crippen LogP contribution in [-0.2, 0) is 0 Å². The van der Waals surface area contributed by atoms with Crippen LogP contribution in [0.2, 0.25) is 10.0 Å². The first-order chi connectivity index (χ1) is 13.4. The summed E-state index contributed by atoms with van der Waals surface area (Å²) in [6.07, 6.45) is 3.44. The highest BCUT2D eigenvalue weighted by atomic mass is 35.5. The molecular weight excluding hydrogens is 397 g/mol. The van der Waals surface area contributed by atoms with Gasteiger partial charge in [-0.05, 0) is 36.2 Å². The molecule has 6 nitrogen and oxygen atoms in total. The van der Waals surface area contributed by atoms with Crippen molar-refractivity contribution >= 4 is 40.7 Å². The lowest BCUT2D eigenvalue weighted by Gasteiger charge is -2.20. The third-order valence-electron chi connectivity index (χ3n) is 4.13. The van der Waals surface area contributed by atoms with Gasteiger partial charge in [-0.25, -0.2) is 4.98 Å². The second-order valence-corrected chi connectivity index (χ2v) is 7.54. The van der Waals surface area contributed by atoms with Gasteiger partial charge in [-0.2, -0.15) is 4.98 Å². The fourth-order valence-corrected chi connectivity index (χ4v) is 3.13. The van der Waals surface area contributed by atoms with E-state index >= 15 is 0 Å². The number of halogens is 2. The van der Waals surface area contributed by atoms with E-state index in [1.807, 2.05) is 32.0 Å². The number of anilines is 3. The summed E-state index contributed by atoms with van der Waals surface area (Å²) < 4.78 is 0. The standard InChI is InChI=1S/C20H21Cl2N5O/c1-12(2)18(11-28)26-20-25-17(13-4-3-5-23-10-13)9-19(27-20)24-16-7-14(21)6-15(22)8-16/h3-10,12,18,28H,11H2,1-2H3,(H2,24,25,26,27)/t18-/m0/s1. The topological polar surface area (TPSA) is 83.0 Å². The molecule has 0 radical (unpaired) electrons. The van der Waals surface area contributed by atoms with Crippen LogP contribution in [0, 0.1) is 5.92 Å². The van der Waals surface area contributed by atoms with Crippen LogP contribution in [0.15, 0.2) is 48.8 Å². The average Bonchev–Trinajstić information content (AvgIpc) is 2.65. The molecule has 0 fully saturated rings. The smallest absolute Gasteiger partial charge is 0.225 e. The van der Waals surface area contributed by atoms with Crippen LogP contribution in [0.1, 0.15) is 13.8 Å². The van der Waals surface area contributed by atoms with Gasteiger partial charge in [0.25, 0.3) is 0 Å². The van der Waals surface area contributed by atoms with E-state index in [1.165, 1.54) is 0 Å². The first-order valence-electron chi connectivity index (χ1n) is 8.84. The van der Waals surface area contributed by atoms with E-state index in [-0.39, 0.29) is 18.6 Å². The zero-order valence-corrected chi connectivity index (χ0v) is 17.0. The number of aromatic nitrogens is 3. The zero-order valence-electron chi connectivity index (χ0n) is 15.5. The Morgan fingerprint density at radius 1 is 1.07 bits per heavy atom. The molecule has 3 N–H and O–H groups in total. The predicted molar refractivity (Wildman–Crippen MR) is 114 cm³/mol. The molecule has 3 aromatic rings. The van der Waals surface area contributed by atoms with Crippen molar-refractivity contribution in [3.05, 3.63) is 58.8 Å². The number of aliphatic hydroxyl groups is 1. The Morgan fingerprint density at radius 3 is 2.43 bits per heavy atom. The van der Waals surface area contributed by atoms with Crippen LogP contribution in [0.4, 0.5) is 17.5 Å². The highest BCUT2D eigenvalue weighted by molar-refractivity contribution is 6.35. The molecule has 0 unspecified atom stereocenters. The van der Waals surface area contributed by atoms with Crippen molar-refractivity contribution < 1.29 is 5.11 Å². The van der Waals surface area contributed by atoms with Gasteiger partial charge in [0.15, 0.2) is 0 Å². The number of hydrogen-bond donors (Lipinski definition) is 3. The summed E-state index contributed by atoms with van der Waals surface area (Å²) in [7, 11) is 0. The molecule has 3 rings (SSSR count). The zero-order chi connectivity index (χ0) is 20.1. The normalized spacial score (nSPS) is 12.1. The second-order valence-electron chi connectivity index (χ2n) is 6.66. The first-order valence-corrected chi connectivity index (χ1v) is 9.60. The molecule has 0 aliphatic carbocycles. The Balaban J connectivity index is 1.99. The second kappa shape index (κ2) is 9.19. The molecule has 0 saturated heterocycles. The van der Waals surface area contributed by atoms with E-state index in [9.17, 15) is 5.11 Å². The summed E-state index contributed by atoms with van der Waals surface area (Å²) in [6, 6.07) is 10.6. The largest absolute Gasteiger partial charge is 0.394 e. The highest BCUT2D eigenvalue weighted by Crippen LogP contribution is 2.27. The van der Waals surface area contributed by atoms with Gasteiger partial charge in [-0.1, -0.05) is 37.0 Å². The molecule has 0 bridgehead atoms. The Bertz CT molecular complexity index is 917. The van der Waals surface area contributed by atoms with Gasteiger partial charge in [-0.15, -0.1) is 0 Å². The van der Waals surface area contributed by atoms with Crippen molar-refractivity contribution in [1.82, 2.24) is 15.0 Å². The molecule has 0 aliphatic heterocycles. The molecule has 0 aliphatic rings. The minimum atomic E-state index is -0.169. The minimum absolute atomic E-state index is 0.0230. The number of pyridine rings is 1. The van der Waals surface area contributed by atoms with Gasteiger partial charge in [-0.3, -0.25) is 4.98 Å². The predicted octanol–water partition coefficient (Wildman–Crippen LogP) is 5.02. The Morgan fingerprint density at radius 2 is 1.82 bits per heavy atom. The van der Waals surface area contributed by atoms with Gasteiger partial charge in [0.1, 0.15) is 5.82 Å². The maximum absolute atomic E-state index is 9.64. The Labute approximate surface area is 174 Å². The van der Waals surface area contributed by atoms with E-state index in [2.05, 4.69) is 25.6 Å². The summed E-state index contributed by atoms with van der Waals surface area (Å²) in [5.41, 5.74) is 2.26. The molecule has 0 spiro atoms. The van der Waals surface area contributed by atoms with Gasteiger partial charge in [0.05, 0.1) is 18.3 Å². The van der Waals surface area contributed by atoms with Crippen LogP contribution in [-0.4, -0.2) is 32.7 Å². The highest BCUT2D eigenvalue weighted by Gasteiger charge is 2.15. The average molecular weight is 418 g/mol. The van der Waals surface area contributed by atoms with Crippen molar-refractivity contribution in [2.75, 3.05) is 17.2 Å². The number of hydrogen-bond acceptors (Lipinski definition) is 6. The molecular formula is C20H21Cl2N5O. The van der Waals surface area contributed by atoms with E-state index in [4.69, 9.17) is 23.2 Å². The SMILES string of the molecule is CC(C)[C@H](CO)Nc1nc(Nc2cc(Cl)cc(Cl)c2)cc(-c2cccnc2)n1. The van der Waals surface area contributed by atoms with E-state index in [0.717, 1.165) is 5.56 Å². The van der Waals surface area contributed by atoms with Gasteiger partial charge < -0.3 is 15.7 Å². The lowest BCUT2D eigenvalue weighted by Crippen LogP contribution is -2.30. The molecule has 8 heteroatoms. The minimum Gasteiger partial charge on any atom is -0.394 e. The fourth-order valence-electron chi connectivity index (χ4n) is 2.60. The summed E-state index contributed by atoms with van der Waals surface area (Å²) in [6.45, 7) is 4.02. The third kappa shape index (κ3) is 5.32. The monoisotopic (exact) mass is 417 g/mol. The van der Waals surface area contributed by atoms with Crippen molar-refractivity contribution in [1.29, 1.82) is 0 Å². The maximum atomic E-state index is 9.64. The molecule has 1 aromatic carbocycles. The summed E-state index contributed by atoms with van der Waals surface area (Å²) in [4.78, 5) is 13.3. The summed E-state index contributed by atoms with van der Waals surface area (Å²) in [5, 5.41) is 17.1. The summed E-state index contributed by atoms with van der Waals surface area (Å²) in [5.74, 6) is 1.18. The van der Waals surface area contributed by atoms with Crippen molar-refractivity contribution in [3.63, 3.8) is 0 Å². The van der Waals surface area contributed by atoms with E-state index < -0.39 is 0 Å². The van der Waals surface area contributed by atoms with Crippen molar-refractivity contribution in [3.8, 4) is 11.3 Å². The molecule has 0 saturated carbocycles. The first kappa shape index (κ1) is 20.3. The quantitative estimate of drug-likeness (QED) is 0.500. The number of benzene rings is 1. The number of rotatable bonds is 7. The molecule has 146 valence electrons. The van der Waals surface area contributed by atoms with Crippen LogP contribution in [0.3, 0.4) is 0 Å². The fraction of sp³-hybridized carbons (Fsp3) is 0.250. The third-order valence-corrected chi connectivity index (χ3v) is 4.57. The lowest BCUT2D eigenvalue weighted by atomic mass is 10.1. The summed E-state index contributed by atoms with van der Waals surface area (Å²) >= 11 is 12.2. The van der Waals surface area contributed by atoms with Gasteiger partial charge in [0.2, 0.25) is 5.95 Å². The van der Waals surface area contributed by atoms with E-state index in [0.29, 0.717) is 33.2 Å². The molecule has 1 atom stereocenters. The van der Waals surface area contributed by atoms with Crippen LogP contribution in [0.25, 0.3) is 11.3 Å². The van der Waals surface area contributed by atoms with Crippen LogP contribution < -0.4 is 10.6 Å². The van der Waals surface area contributed by atoms with Crippen LogP contribution >= 0.6 is 23.2 Å². The van der Waals surface area contributed by atoms with E-state index in [1.54, 1.807) is 30.6 Å². The molecule has 2 aromatic heterocycles. The Hall–Kier alpha value is -2.41. The molecule has 0 amide bonds. The van der Waals surface area contributed by atoms with Crippen molar-refractivity contribution in [2.45, 2.75) is 19.9 Å². The van der Waals surface area contributed by atoms with Crippen LogP contribution in [0.5, 0.6) is 0 Å². The number of nitrogens with one attached hydrogen (secondary N) is 2.